The number of aromatic amines is 1. The standard InChI is InChI=1S/C16H14N3O/c17-16(20)12-7-4-8-13-15(12)19-14(18-13)10-9-11-5-2-1-3-6-11/h1-8,10H,9H2,(H2,17,20)(H,18,19). The van der Waals surface area contributed by atoms with Crippen LogP contribution >= 0.6 is 0 Å². The van der Waals surface area contributed by atoms with Crippen molar-refractivity contribution in [2.24, 2.45) is 5.73 Å². The van der Waals surface area contributed by atoms with Crippen molar-refractivity contribution in [2.45, 2.75) is 6.42 Å². The molecule has 0 aliphatic rings. The zero-order chi connectivity index (χ0) is 13.9. The fourth-order valence-corrected chi connectivity index (χ4v) is 2.18. The molecule has 99 valence electrons. The predicted molar refractivity (Wildman–Crippen MR) is 78.2 cm³/mol. The number of carbonyl (C=O) groups is 1. The Hall–Kier alpha value is -2.62. The number of rotatable bonds is 4. The zero-order valence-corrected chi connectivity index (χ0v) is 10.8. The highest BCUT2D eigenvalue weighted by atomic mass is 16.1. The molecule has 0 unspecified atom stereocenters. The van der Waals surface area contributed by atoms with Crippen molar-refractivity contribution in [3.05, 3.63) is 71.9 Å². The van der Waals surface area contributed by atoms with Gasteiger partial charge in [0.15, 0.2) is 0 Å². The number of fused-ring (bicyclic) bond motifs is 1. The van der Waals surface area contributed by atoms with Gasteiger partial charge in [-0.1, -0.05) is 36.4 Å². The van der Waals surface area contributed by atoms with Crippen molar-refractivity contribution in [3.63, 3.8) is 0 Å². The van der Waals surface area contributed by atoms with E-state index in [4.69, 9.17) is 5.73 Å². The third kappa shape index (κ3) is 2.40. The van der Waals surface area contributed by atoms with E-state index in [-0.39, 0.29) is 0 Å². The SMILES string of the molecule is NC(=O)c1cccc2[nH]c([CH]Cc3ccccc3)nc12. The highest BCUT2D eigenvalue weighted by Crippen LogP contribution is 2.17. The summed E-state index contributed by atoms with van der Waals surface area (Å²) in [5.74, 6) is 0.286. The summed E-state index contributed by atoms with van der Waals surface area (Å²) in [6, 6.07) is 15.5. The Kier molecular flexibility index (Phi) is 3.21. The van der Waals surface area contributed by atoms with E-state index in [2.05, 4.69) is 22.1 Å². The lowest BCUT2D eigenvalue weighted by Crippen LogP contribution is -2.11. The van der Waals surface area contributed by atoms with Crippen LogP contribution in [-0.2, 0) is 6.42 Å². The van der Waals surface area contributed by atoms with Crippen LogP contribution in [0.2, 0.25) is 0 Å². The Morgan fingerprint density at radius 3 is 2.70 bits per heavy atom. The number of benzene rings is 2. The van der Waals surface area contributed by atoms with Crippen molar-refractivity contribution in [1.82, 2.24) is 9.97 Å². The van der Waals surface area contributed by atoms with Gasteiger partial charge in [0.05, 0.1) is 11.1 Å². The lowest BCUT2D eigenvalue weighted by atomic mass is 10.1. The summed E-state index contributed by atoms with van der Waals surface area (Å²) >= 11 is 0. The third-order valence-corrected chi connectivity index (χ3v) is 3.17. The molecule has 0 saturated heterocycles. The molecule has 1 heterocycles. The molecule has 0 aliphatic heterocycles. The summed E-state index contributed by atoms with van der Waals surface area (Å²) in [6.45, 7) is 0. The van der Waals surface area contributed by atoms with Gasteiger partial charge in [0.1, 0.15) is 11.3 Å². The number of nitrogens with one attached hydrogen (secondary N) is 1. The van der Waals surface area contributed by atoms with Gasteiger partial charge in [-0.2, -0.15) is 0 Å². The average Bonchev–Trinajstić information content (AvgIpc) is 2.88. The number of hydrogen-bond donors (Lipinski definition) is 2. The summed E-state index contributed by atoms with van der Waals surface area (Å²) in [4.78, 5) is 19.0. The van der Waals surface area contributed by atoms with Crippen molar-refractivity contribution in [3.8, 4) is 0 Å². The van der Waals surface area contributed by atoms with Gasteiger partial charge in [0.2, 0.25) is 0 Å². The Morgan fingerprint density at radius 1 is 1.15 bits per heavy atom. The molecule has 0 fully saturated rings. The van der Waals surface area contributed by atoms with Gasteiger partial charge in [-0.25, -0.2) is 4.98 Å². The number of para-hydroxylation sites is 1. The minimum absolute atomic E-state index is 0.443. The number of H-pyrrole nitrogens is 1. The maximum absolute atomic E-state index is 11.4. The normalized spacial score (nSPS) is 10.8. The van der Waals surface area contributed by atoms with E-state index in [1.165, 1.54) is 5.56 Å². The molecule has 1 amide bonds. The van der Waals surface area contributed by atoms with Gasteiger partial charge >= 0.3 is 0 Å². The summed E-state index contributed by atoms with van der Waals surface area (Å²) < 4.78 is 0. The first kappa shape index (κ1) is 12.4. The fourth-order valence-electron chi connectivity index (χ4n) is 2.18. The fraction of sp³-hybridized carbons (Fsp3) is 0.0625. The molecule has 0 aliphatic carbocycles. The van der Waals surface area contributed by atoms with Crippen molar-refractivity contribution < 1.29 is 4.79 Å². The zero-order valence-electron chi connectivity index (χ0n) is 10.8. The second kappa shape index (κ2) is 5.17. The van der Waals surface area contributed by atoms with Gasteiger partial charge in [-0.15, -0.1) is 0 Å². The van der Waals surface area contributed by atoms with Crippen LogP contribution in [0.1, 0.15) is 21.7 Å². The Labute approximate surface area is 116 Å². The van der Waals surface area contributed by atoms with Crippen LogP contribution in [0.15, 0.2) is 48.5 Å². The maximum atomic E-state index is 11.4. The van der Waals surface area contributed by atoms with E-state index in [1.807, 2.05) is 30.7 Å². The van der Waals surface area contributed by atoms with E-state index in [1.54, 1.807) is 12.1 Å². The first-order chi connectivity index (χ1) is 9.74. The molecule has 0 atom stereocenters. The highest BCUT2D eigenvalue weighted by molar-refractivity contribution is 6.04. The van der Waals surface area contributed by atoms with Crippen LogP contribution in [0.25, 0.3) is 11.0 Å². The maximum Gasteiger partial charge on any atom is 0.250 e. The minimum Gasteiger partial charge on any atom is -0.366 e. The molecule has 3 N–H and O–H groups in total. The van der Waals surface area contributed by atoms with Crippen molar-refractivity contribution in [2.75, 3.05) is 0 Å². The number of primary amides is 1. The van der Waals surface area contributed by atoms with Gasteiger partial charge in [-0.05, 0) is 24.1 Å². The van der Waals surface area contributed by atoms with Crippen LogP contribution in [0.4, 0.5) is 0 Å². The highest BCUT2D eigenvalue weighted by Gasteiger charge is 2.10. The first-order valence-electron chi connectivity index (χ1n) is 6.40. The molecule has 3 rings (SSSR count). The molecule has 20 heavy (non-hydrogen) atoms. The van der Waals surface area contributed by atoms with E-state index < -0.39 is 5.91 Å². The number of nitrogens with zero attached hydrogens (tertiary/aromatic N) is 1. The molecule has 0 saturated carbocycles. The molecule has 0 bridgehead atoms. The summed E-state index contributed by atoms with van der Waals surface area (Å²) in [6.07, 6.45) is 2.78. The molecule has 0 spiro atoms. The number of nitrogens with two attached hydrogens (primary N) is 1. The largest absolute Gasteiger partial charge is 0.366 e. The van der Waals surface area contributed by atoms with Crippen LogP contribution in [0, 0.1) is 6.42 Å². The number of imidazole rings is 1. The van der Waals surface area contributed by atoms with E-state index in [9.17, 15) is 4.79 Å². The van der Waals surface area contributed by atoms with E-state index >= 15 is 0 Å². The lowest BCUT2D eigenvalue weighted by Gasteiger charge is -1.97. The second-order valence-corrected chi connectivity index (χ2v) is 4.58. The van der Waals surface area contributed by atoms with Crippen LogP contribution < -0.4 is 5.73 Å². The van der Waals surface area contributed by atoms with Crippen LogP contribution in [-0.4, -0.2) is 15.9 Å². The topological polar surface area (TPSA) is 71.8 Å². The number of amides is 1. The van der Waals surface area contributed by atoms with Crippen molar-refractivity contribution in [1.29, 1.82) is 0 Å². The number of aromatic nitrogens is 2. The van der Waals surface area contributed by atoms with Crippen molar-refractivity contribution >= 4 is 16.9 Å². The summed E-state index contributed by atoms with van der Waals surface area (Å²) in [7, 11) is 0. The summed E-state index contributed by atoms with van der Waals surface area (Å²) in [5.41, 5.74) is 8.45. The van der Waals surface area contributed by atoms with Crippen LogP contribution in [0.3, 0.4) is 0 Å². The lowest BCUT2D eigenvalue weighted by molar-refractivity contribution is 0.100. The van der Waals surface area contributed by atoms with Gasteiger partial charge in [0, 0.05) is 6.42 Å². The quantitative estimate of drug-likeness (QED) is 0.759. The number of hydrogen-bond acceptors (Lipinski definition) is 2. The third-order valence-electron chi connectivity index (χ3n) is 3.17. The molecule has 2 aromatic carbocycles. The number of carbonyl (C=O) groups excluding carboxylic acids is 1. The van der Waals surface area contributed by atoms with Crippen LogP contribution in [0.5, 0.6) is 0 Å². The van der Waals surface area contributed by atoms with E-state index in [0.717, 1.165) is 17.8 Å². The van der Waals surface area contributed by atoms with Gasteiger partial charge < -0.3 is 10.7 Å². The Balaban J connectivity index is 1.86. The minimum atomic E-state index is -0.461. The van der Waals surface area contributed by atoms with Gasteiger partial charge in [0.25, 0.3) is 5.91 Å². The molecule has 1 aromatic heterocycles. The van der Waals surface area contributed by atoms with E-state index in [0.29, 0.717) is 11.1 Å². The average molecular weight is 264 g/mol. The Bertz CT molecular complexity index is 747. The Morgan fingerprint density at radius 2 is 1.95 bits per heavy atom. The molecular formula is C16H14N3O. The summed E-state index contributed by atoms with van der Waals surface area (Å²) in [5, 5.41) is 0. The smallest absolute Gasteiger partial charge is 0.250 e. The first-order valence-corrected chi connectivity index (χ1v) is 6.40. The monoisotopic (exact) mass is 264 g/mol. The molecule has 4 nitrogen and oxygen atoms in total. The second-order valence-electron chi connectivity index (χ2n) is 4.58. The molecule has 1 radical (unpaired) electrons. The molecular weight excluding hydrogens is 250 g/mol. The molecule has 4 heteroatoms. The van der Waals surface area contributed by atoms with Gasteiger partial charge in [-0.3, -0.25) is 4.79 Å². The molecule has 3 aromatic rings. The predicted octanol–water partition coefficient (Wildman–Crippen LogP) is 2.46.